The van der Waals surface area contributed by atoms with Crippen molar-refractivity contribution in [1.29, 1.82) is 0 Å². The molecule has 100 valence electrons. The van der Waals surface area contributed by atoms with Gasteiger partial charge in [0.2, 0.25) is 0 Å². The largest absolute Gasteiger partial charge is 0.356 e. The summed E-state index contributed by atoms with van der Waals surface area (Å²) in [6, 6.07) is 8.44. The zero-order valence-corrected chi connectivity index (χ0v) is 11.7. The van der Waals surface area contributed by atoms with E-state index in [1.807, 2.05) is 6.20 Å². The number of anilines is 1. The maximum absolute atomic E-state index is 5.81. The number of rotatable bonds is 2. The van der Waals surface area contributed by atoms with Crippen LogP contribution in [0.3, 0.4) is 0 Å². The molecule has 3 heteroatoms. The summed E-state index contributed by atoms with van der Waals surface area (Å²) >= 11 is 0. The van der Waals surface area contributed by atoms with Gasteiger partial charge < -0.3 is 10.6 Å². The van der Waals surface area contributed by atoms with Gasteiger partial charge in [-0.2, -0.15) is 0 Å². The monoisotopic (exact) mass is 255 g/mol. The van der Waals surface area contributed by atoms with Gasteiger partial charge in [0.25, 0.3) is 0 Å². The number of fused-ring (bicyclic) bond motifs is 1. The van der Waals surface area contributed by atoms with E-state index in [0.29, 0.717) is 12.0 Å². The summed E-state index contributed by atoms with van der Waals surface area (Å²) in [7, 11) is 0. The molecule has 2 aromatic rings. The molecule has 1 aromatic heterocycles. The third kappa shape index (κ3) is 2.19. The molecule has 0 bridgehead atoms. The Morgan fingerprint density at radius 3 is 2.63 bits per heavy atom. The van der Waals surface area contributed by atoms with Crippen molar-refractivity contribution in [2.24, 2.45) is 11.1 Å². The zero-order chi connectivity index (χ0) is 13.5. The highest BCUT2D eigenvalue weighted by molar-refractivity contribution is 5.94. The maximum atomic E-state index is 5.81. The number of benzene rings is 1. The second-order valence-corrected chi connectivity index (χ2v) is 6.19. The minimum absolute atomic E-state index is 0.384. The second kappa shape index (κ2) is 4.49. The van der Waals surface area contributed by atoms with E-state index in [2.05, 4.69) is 48.0 Å². The Kier molecular flexibility index (Phi) is 2.94. The van der Waals surface area contributed by atoms with Crippen molar-refractivity contribution in [2.45, 2.75) is 26.8 Å². The van der Waals surface area contributed by atoms with Crippen molar-refractivity contribution >= 4 is 16.6 Å². The van der Waals surface area contributed by atoms with Crippen LogP contribution in [0.1, 0.15) is 25.8 Å². The third-order valence-electron chi connectivity index (χ3n) is 4.05. The topological polar surface area (TPSA) is 42.2 Å². The van der Waals surface area contributed by atoms with Crippen LogP contribution in [-0.4, -0.2) is 18.1 Å². The molecule has 1 aromatic carbocycles. The fourth-order valence-corrected chi connectivity index (χ4v) is 2.94. The lowest BCUT2D eigenvalue weighted by molar-refractivity contribution is 0.418. The zero-order valence-electron chi connectivity index (χ0n) is 11.7. The van der Waals surface area contributed by atoms with Gasteiger partial charge in [0, 0.05) is 31.2 Å². The Hall–Kier alpha value is -1.61. The number of nitrogens with two attached hydrogens (primary N) is 1. The summed E-state index contributed by atoms with van der Waals surface area (Å²) in [5, 5.41) is 2.46. The fraction of sp³-hybridized carbons (Fsp3) is 0.438. The summed E-state index contributed by atoms with van der Waals surface area (Å²) in [5.74, 6) is 1.11. The van der Waals surface area contributed by atoms with Crippen LogP contribution in [-0.2, 0) is 6.54 Å². The molecule has 2 heterocycles. The van der Waals surface area contributed by atoms with Gasteiger partial charge in [0.15, 0.2) is 0 Å². The molecule has 1 aliphatic heterocycles. The molecule has 19 heavy (non-hydrogen) atoms. The summed E-state index contributed by atoms with van der Waals surface area (Å²) in [6.45, 7) is 7.35. The SMILES string of the molecule is CC1(C)CCN(c2ncc(CN)c3ccccc23)C1. The highest BCUT2D eigenvalue weighted by Gasteiger charge is 2.30. The van der Waals surface area contributed by atoms with Crippen LogP contribution < -0.4 is 10.6 Å². The highest BCUT2D eigenvalue weighted by Crippen LogP contribution is 2.35. The Balaban J connectivity index is 2.10. The van der Waals surface area contributed by atoms with Crippen molar-refractivity contribution < 1.29 is 0 Å². The molecular weight excluding hydrogens is 234 g/mol. The molecule has 1 fully saturated rings. The Bertz CT molecular complexity index is 604. The molecule has 0 amide bonds. The first kappa shape index (κ1) is 12.4. The molecule has 3 nitrogen and oxygen atoms in total. The van der Waals surface area contributed by atoms with Gasteiger partial charge in [-0.05, 0) is 22.8 Å². The molecule has 0 atom stereocenters. The lowest BCUT2D eigenvalue weighted by Gasteiger charge is -2.22. The third-order valence-corrected chi connectivity index (χ3v) is 4.05. The first-order valence-corrected chi connectivity index (χ1v) is 6.92. The van der Waals surface area contributed by atoms with E-state index in [0.717, 1.165) is 24.5 Å². The fourth-order valence-electron chi connectivity index (χ4n) is 2.94. The van der Waals surface area contributed by atoms with E-state index < -0.39 is 0 Å². The quantitative estimate of drug-likeness (QED) is 0.897. The van der Waals surface area contributed by atoms with E-state index in [1.54, 1.807) is 0 Å². The van der Waals surface area contributed by atoms with Crippen LogP contribution in [0.15, 0.2) is 30.5 Å². The van der Waals surface area contributed by atoms with Crippen molar-refractivity contribution in [3.05, 3.63) is 36.0 Å². The summed E-state index contributed by atoms with van der Waals surface area (Å²) in [4.78, 5) is 7.08. The molecule has 1 aliphatic rings. The van der Waals surface area contributed by atoms with Gasteiger partial charge >= 0.3 is 0 Å². The van der Waals surface area contributed by atoms with E-state index in [-0.39, 0.29) is 0 Å². The smallest absolute Gasteiger partial charge is 0.136 e. The van der Waals surface area contributed by atoms with Crippen LogP contribution in [0.5, 0.6) is 0 Å². The van der Waals surface area contributed by atoms with Gasteiger partial charge in [-0.1, -0.05) is 38.1 Å². The predicted molar refractivity (Wildman–Crippen MR) is 80.2 cm³/mol. The van der Waals surface area contributed by atoms with Gasteiger partial charge in [0.1, 0.15) is 5.82 Å². The molecule has 0 radical (unpaired) electrons. The Morgan fingerprint density at radius 2 is 2.00 bits per heavy atom. The average molecular weight is 255 g/mol. The van der Waals surface area contributed by atoms with E-state index >= 15 is 0 Å². The molecular formula is C16H21N3. The molecule has 3 rings (SSSR count). The number of pyridine rings is 1. The Labute approximate surface area is 114 Å². The predicted octanol–water partition coefficient (Wildman–Crippen LogP) is 2.93. The van der Waals surface area contributed by atoms with Crippen LogP contribution in [0.4, 0.5) is 5.82 Å². The number of aromatic nitrogens is 1. The normalized spacial score (nSPS) is 18.2. The molecule has 0 saturated carbocycles. The highest BCUT2D eigenvalue weighted by atomic mass is 15.2. The average Bonchev–Trinajstić information content (AvgIpc) is 2.77. The van der Waals surface area contributed by atoms with E-state index in [1.165, 1.54) is 17.2 Å². The first-order chi connectivity index (χ1) is 9.11. The minimum Gasteiger partial charge on any atom is -0.356 e. The summed E-state index contributed by atoms with van der Waals surface area (Å²) < 4.78 is 0. The minimum atomic E-state index is 0.384. The van der Waals surface area contributed by atoms with Crippen molar-refractivity contribution in [3.8, 4) is 0 Å². The molecule has 1 saturated heterocycles. The van der Waals surface area contributed by atoms with Crippen LogP contribution in [0.25, 0.3) is 10.8 Å². The molecule has 0 spiro atoms. The van der Waals surface area contributed by atoms with Gasteiger partial charge in [0.05, 0.1) is 0 Å². The standard InChI is InChI=1S/C16H21N3/c1-16(2)7-8-19(11-16)15-14-6-4-3-5-13(14)12(9-17)10-18-15/h3-6,10H,7-9,11,17H2,1-2H3. The first-order valence-electron chi connectivity index (χ1n) is 6.92. The molecule has 0 aliphatic carbocycles. The molecule has 2 N–H and O–H groups in total. The van der Waals surface area contributed by atoms with Gasteiger partial charge in [-0.3, -0.25) is 0 Å². The van der Waals surface area contributed by atoms with Crippen molar-refractivity contribution in [3.63, 3.8) is 0 Å². The van der Waals surface area contributed by atoms with Crippen LogP contribution in [0, 0.1) is 5.41 Å². The van der Waals surface area contributed by atoms with Crippen LogP contribution >= 0.6 is 0 Å². The maximum Gasteiger partial charge on any atom is 0.136 e. The number of nitrogens with zero attached hydrogens (tertiary/aromatic N) is 2. The number of hydrogen-bond acceptors (Lipinski definition) is 3. The summed E-state index contributed by atoms with van der Waals surface area (Å²) in [5.41, 5.74) is 7.32. The van der Waals surface area contributed by atoms with Gasteiger partial charge in [-0.25, -0.2) is 4.98 Å². The van der Waals surface area contributed by atoms with Crippen molar-refractivity contribution in [1.82, 2.24) is 4.98 Å². The lowest BCUT2D eigenvalue weighted by atomic mass is 9.93. The van der Waals surface area contributed by atoms with E-state index in [4.69, 9.17) is 5.73 Å². The molecule has 0 unspecified atom stereocenters. The van der Waals surface area contributed by atoms with E-state index in [9.17, 15) is 0 Å². The second-order valence-electron chi connectivity index (χ2n) is 6.19. The Morgan fingerprint density at radius 1 is 1.26 bits per heavy atom. The summed E-state index contributed by atoms with van der Waals surface area (Å²) in [6.07, 6.45) is 3.16. The van der Waals surface area contributed by atoms with Gasteiger partial charge in [-0.15, -0.1) is 0 Å². The van der Waals surface area contributed by atoms with Crippen molar-refractivity contribution in [2.75, 3.05) is 18.0 Å². The number of hydrogen-bond donors (Lipinski definition) is 1. The van der Waals surface area contributed by atoms with Crippen LogP contribution in [0.2, 0.25) is 0 Å². The lowest BCUT2D eigenvalue weighted by Crippen LogP contribution is -2.24.